The number of rotatable bonds is 9. The number of carbonyl (C=O) groups excluding carboxylic acids is 1. The van der Waals surface area contributed by atoms with Crippen LogP contribution in [-0.2, 0) is 17.8 Å². The highest BCUT2D eigenvalue weighted by molar-refractivity contribution is 6.36. The van der Waals surface area contributed by atoms with Gasteiger partial charge in [-0.05, 0) is 62.7 Å². The van der Waals surface area contributed by atoms with Crippen LogP contribution in [0, 0.1) is 17.2 Å². The predicted octanol–water partition coefficient (Wildman–Crippen LogP) is 5.85. The molecule has 242 valence electrons. The van der Waals surface area contributed by atoms with Crippen LogP contribution in [0.25, 0.3) is 10.8 Å². The third-order valence-corrected chi connectivity index (χ3v) is 9.91. The Bertz CT molecular complexity index is 1650. The lowest BCUT2D eigenvalue weighted by Gasteiger charge is -2.42. The molecule has 1 amide bonds. The first-order valence-electron chi connectivity index (χ1n) is 16.5. The smallest absolute Gasteiger partial charge is 0.318 e. The topological polar surface area (TPSA) is 88.8 Å². The van der Waals surface area contributed by atoms with Gasteiger partial charge in [0.15, 0.2) is 0 Å². The zero-order valence-electron chi connectivity index (χ0n) is 27.2. The molecule has 9 nitrogen and oxygen atoms in total. The quantitative estimate of drug-likeness (QED) is 0.269. The van der Waals surface area contributed by atoms with Crippen molar-refractivity contribution in [2.24, 2.45) is 5.92 Å². The second kappa shape index (κ2) is 13.9. The molecular weight excluding hydrogens is 598 g/mol. The molecule has 0 radical (unpaired) electrons. The lowest BCUT2D eigenvalue weighted by molar-refractivity contribution is -0.130. The molecule has 0 aliphatic carbocycles. The molecule has 0 unspecified atom stereocenters. The molecular formula is C36H44ClN7O2. The SMILES string of the molecule is C=C(CC(C)C)C(=O)N1CCN(c2nc(OC[C@@H]3CCCN3C)nc3c2CCN(c2cccc4cccc(Cl)c24)C3)C[C@@H]1CC#N. The first kappa shape index (κ1) is 32.1. The summed E-state index contributed by atoms with van der Waals surface area (Å²) in [7, 11) is 2.14. The lowest BCUT2D eigenvalue weighted by Crippen LogP contribution is -2.56. The summed E-state index contributed by atoms with van der Waals surface area (Å²) in [6, 6.07) is 15.1. The summed E-state index contributed by atoms with van der Waals surface area (Å²) >= 11 is 6.73. The minimum absolute atomic E-state index is 0.0487. The Balaban J connectivity index is 1.31. The molecule has 10 heteroatoms. The zero-order valence-corrected chi connectivity index (χ0v) is 28.0. The highest BCUT2D eigenvalue weighted by Gasteiger charge is 2.35. The Morgan fingerprint density at radius 1 is 1.11 bits per heavy atom. The third-order valence-electron chi connectivity index (χ3n) is 9.60. The van der Waals surface area contributed by atoms with E-state index in [1.54, 1.807) is 0 Å². The minimum Gasteiger partial charge on any atom is -0.462 e. The van der Waals surface area contributed by atoms with Crippen LogP contribution in [0.1, 0.15) is 50.8 Å². The number of likely N-dealkylation sites (tertiary alicyclic amines) is 1. The van der Waals surface area contributed by atoms with Crippen LogP contribution in [0.3, 0.4) is 0 Å². The minimum atomic E-state index is -0.254. The van der Waals surface area contributed by atoms with Gasteiger partial charge in [-0.1, -0.05) is 56.3 Å². The van der Waals surface area contributed by atoms with Gasteiger partial charge < -0.3 is 24.3 Å². The Labute approximate surface area is 277 Å². The Hall–Kier alpha value is -3.87. The van der Waals surface area contributed by atoms with Crippen molar-refractivity contribution in [1.82, 2.24) is 19.8 Å². The van der Waals surface area contributed by atoms with Crippen molar-refractivity contribution in [2.45, 2.75) is 64.6 Å². The van der Waals surface area contributed by atoms with Crippen molar-refractivity contribution in [3.63, 3.8) is 0 Å². The van der Waals surface area contributed by atoms with E-state index in [0.29, 0.717) is 62.8 Å². The van der Waals surface area contributed by atoms with Crippen LogP contribution < -0.4 is 14.5 Å². The molecule has 2 atom stereocenters. The summed E-state index contributed by atoms with van der Waals surface area (Å²) < 4.78 is 6.33. The Morgan fingerprint density at radius 3 is 2.65 bits per heavy atom. The molecule has 2 aromatic carbocycles. The molecule has 6 rings (SSSR count). The number of halogens is 1. The van der Waals surface area contributed by atoms with Crippen LogP contribution >= 0.6 is 11.6 Å². The number of nitriles is 1. The summed E-state index contributed by atoms with van der Waals surface area (Å²) in [4.78, 5) is 32.2. The third kappa shape index (κ3) is 6.65. The molecule has 1 aromatic heterocycles. The zero-order chi connectivity index (χ0) is 32.4. The number of hydrogen-bond donors (Lipinski definition) is 0. The van der Waals surface area contributed by atoms with E-state index in [-0.39, 0.29) is 18.4 Å². The number of benzene rings is 2. The largest absolute Gasteiger partial charge is 0.462 e. The van der Waals surface area contributed by atoms with E-state index in [9.17, 15) is 10.1 Å². The van der Waals surface area contributed by atoms with Crippen molar-refractivity contribution in [3.05, 3.63) is 64.8 Å². The summed E-state index contributed by atoms with van der Waals surface area (Å²) in [6.45, 7) is 12.9. The average molecular weight is 642 g/mol. The molecule has 46 heavy (non-hydrogen) atoms. The molecule has 4 heterocycles. The van der Waals surface area contributed by atoms with Crippen LogP contribution in [0.4, 0.5) is 11.5 Å². The molecule has 0 N–H and O–H groups in total. The van der Waals surface area contributed by atoms with E-state index in [1.807, 2.05) is 17.0 Å². The Kier molecular flexibility index (Phi) is 9.67. The van der Waals surface area contributed by atoms with Gasteiger partial charge >= 0.3 is 6.01 Å². The fraction of sp³-hybridized carbons (Fsp3) is 0.500. The lowest BCUT2D eigenvalue weighted by atomic mass is 9.99. The average Bonchev–Trinajstić information content (AvgIpc) is 3.46. The van der Waals surface area contributed by atoms with Gasteiger partial charge in [0.25, 0.3) is 0 Å². The van der Waals surface area contributed by atoms with Crippen molar-refractivity contribution in [3.8, 4) is 12.1 Å². The van der Waals surface area contributed by atoms with E-state index < -0.39 is 0 Å². The van der Waals surface area contributed by atoms with Gasteiger partial charge in [0, 0.05) is 54.4 Å². The summed E-state index contributed by atoms with van der Waals surface area (Å²) in [5.74, 6) is 1.14. The summed E-state index contributed by atoms with van der Waals surface area (Å²) in [5, 5.41) is 12.6. The van der Waals surface area contributed by atoms with E-state index in [2.05, 4.69) is 72.5 Å². The normalized spacial score (nSPS) is 20.2. The highest BCUT2D eigenvalue weighted by atomic mass is 35.5. The van der Waals surface area contributed by atoms with Gasteiger partial charge in [0.1, 0.15) is 12.4 Å². The van der Waals surface area contributed by atoms with Gasteiger partial charge in [0.2, 0.25) is 5.91 Å². The maximum absolute atomic E-state index is 13.4. The van der Waals surface area contributed by atoms with Crippen molar-refractivity contribution in [1.29, 1.82) is 5.26 Å². The van der Waals surface area contributed by atoms with Crippen LogP contribution in [0.5, 0.6) is 6.01 Å². The standard InChI is InChI=1S/C36H44ClN7O2/c1-24(2)20-25(3)35(45)44-19-18-43(21-27(44)13-15-38)34-29-14-17-42(32-12-6-9-26-8-5-11-30(37)33(26)32)22-31(29)39-36(40-34)46-23-28-10-7-16-41(28)4/h5-6,8-9,11-12,24,27-28H,3,7,10,13-14,16-23H2,1-2,4H3/t27-,28-/m0/s1. The predicted molar refractivity (Wildman–Crippen MR) is 183 cm³/mol. The van der Waals surface area contributed by atoms with Crippen molar-refractivity contribution >= 4 is 39.8 Å². The van der Waals surface area contributed by atoms with Crippen molar-refractivity contribution in [2.75, 3.05) is 56.2 Å². The number of carbonyl (C=O) groups is 1. The molecule has 2 saturated heterocycles. The van der Waals surface area contributed by atoms with Crippen LogP contribution in [-0.4, -0.2) is 84.1 Å². The molecule has 0 saturated carbocycles. The summed E-state index contributed by atoms with van der Waals surface area (Å²) in [5.41, 5.74) is 3.74. The number of anilines is 2. The second-order valence-electron chi connectivity index (χ2n) is 13.3. The molecule has 0 bridgehead atoms. The van der Waals surface area contributed by atoms with E-state index in [1.165, 1.54) is 0 Å². The maximum atomic E-state index is 13.4. The van der Waals surface area contributed by atoms with Crippen molar-refractivity contribution < 1.29 is 9.53 Å². The Morgan fingerprint density at radius 2 is 1.91 bits per heavy atom. The number of likely N-dealkylation sites (N-methyl/N-ethyl adjacent to an activating group) is 1. The van der Waals surface area contributed by atoms with E-state index in [0.717, 1.165) is 70.9 Å². The van der Waals surface area contributed by atoms with Gasteiger partial charge in [-0.2, -0.15) is 15.2 Å². The molecule has 0 spiro atoms. The van der Waals surface area contributed by atoms with Crippen LogP contribution in [0.2, 0.25) is 5.02 Å². The second-order valence-corrected chi connectivity index (χ2v) is 13.7. The fourth-order valence-electron chi connectivity index (χ4n) is 7.20. The number of fused-ring (bicyclic) bond motifs is 2. The number of piperazine rings is 1. The summed E-state index contributed by atoms with van der Waals surface area (Å²) in [6.07, 6.45) is 3.91. The monoisotopic (exact) mass is 641 g/mol. The molecule has 2 fully saturated rings. The number of aromatic nitrogens is 2. The number of hydrogen-bond acceptors (Lipinski definition) is 8. The van der Waals surface area contributed by atoms with E-state index >= 15 is 0 Å². The van der Waals surface area contributed by atoms with Gasteiger partial charge in [0.05, 0.1) is 35.8 Å². The first-order chi connectivity index (χ1) is 22.2. The first-order valence-corrected chi connectivity index (χ1v) is 16.9. The van der Waals surface area contributed by atoms with Gasteiger partial charge in [-0.15, -0.1) is 0 Å². The molecule has 3 aromatic rings. The van der Waals surface area contributed by atoms with E-state index in [4.69, 9.17) is 26.3 Å². The molecule has 3 aliphatic rings. The fourth-order valence-corrected chi connectivity index (χ4v) is 7.48. The van der Waals surface area contributed by atoms with Gasteiger partial charge in [-0.25, -0.2) is 0 Å². The van der Waals surface area contributed by atoms with Gasteiger partial charge in [-0.3, -0.25) is 4.79 Å². The highest BCUT2D eigenvalue weighted by Crippen LogP contribution is 2.37. The van der Waals surface area contributed by atoms with Crippen LogP contribution in [0.15, 0.2) is 48.6 Å². The number of amides is 1. The number of ether oxygens (including phenoxy) is 1. The molecule has 3 aliphatic heterocycles. The number of nitrogens with zero attached hydrogens (tertiary/aromatic N) is 7. The maximum Gasteiger partial charge on any atom is 0.318 e.